The largest absolute Gasteiger partial charge is 0.495 e. The fraction of sp³-hybridized carbons (Fsp3) is 0.346. The van der Waals surface area contributed by atoms with E-state index in [1.165, 1.54) is 26.6 Å². The minimum Gasteiger partial charge on any atom is -0.495 e. The van der Waals surface area contributed by atoms with Crippen molar-refractivity contribution in [3.63, 3.8) is 0 Å². The number of likely N-dealkylation sites (N-methyl/N-ethyl adjacent to an activating group) is 1. The SMILES string of the molecule is CCCOc1ccc(/C=C/C(=O)c2c(OCCN(C)C)c(OC)c3occc3c2OC)cc1. The summed E-state index contributed by atoms with van der Waals surface area (Å²) >= 11 is 0. The second-order valence-electron chi connectivity index (χ2n) is 7.70. The number of benzene rings is 2. The molecular formula is C26H31NO6. The van der Waals surface area contributed by atoms with Crippen LogP contribution in [0.3, 0.4) is 0 Å². The molecular weight excluding hydrogens is 422 g/mol. The van der Waals surface area contributed by atoms with E-state index in [-0.39, 0.29) is 5.78 Å². The van der Waals surface area contributed by atoms with Crippen molar-refractivity contribution in [1.82, 2.24) is 4.90 Å². The first kappa shape index (κ1) is 24.2. The van der Waals surface area contributed by atoms with Crippen LogP contribution >= 0.6 is 0 Å². The Morgan fingerprint density at radius 3 is 2.33 bits per heavy atom. The molecule has 0 saturated heterocycles. The molecule has 0 atom stereocenters. The first-order valence-corrected chi connectivity index (χ1v) is 10.9. The number of hydrogen-bond donors (Lipinski definition) is 0. The summed E-state index contributed by atoms with van der Waals surface area (Å²) < 4.78 is 28.5. The number of hydrogen-bond acceptors (Lipinski definition) is 7. The minimum absolute atomic E-state index is 0.264. The Labute approximate surface area is 194 Å². The number of carbonyl (C=O) groups is 1. The van der Waals surface area contributed by atoms with E-state index in [4.69, 9.17) is 23.4 Å². The maximum absolute atomic E-state index is 13.4. The van der Waals surface area contributed by atoms with Crippen molar-refractivity contribution in [1.29, 1.82) is 0 Å². The van der Waals surface area contributed by atoms with Gasteiger partial charge in [0.15, 0.2) is 17.1 Å². The van der Waals surface area contributed by atoms with Gasteiger partial charge in [-0.1, -0.05) is 25.1 Å². The number of ketones is 1. The molecule has 3 aromatic rings. The molecule has 1 heterocycles. The number of furan rings is 1. The second kappa shape index (κ2) is 11.4. The van der Waals surface area contributed by atoms with Gasteiger partial charge < -0.3 is 28.3 Å². The van der Waals surface area contributed by atoms with Crippen LogP contribution < -0.4 is 18.9 Å². The molecule has 7 nitrogen and oxygen atoms in total. The molecule has 0 unspecified atom stereocenters. The number of carbonyl (C=O) groups excluding carboxylic acids is 1. The number of nitrogens with zero attached hydrogens (tertiary/aromatic N) is 1. The van der Waals surface area contributed by atoms with Gasteiger partial charge in [-0.05, 0) is 50.4 Å². The molecule has 3 rings (SSSR count). The summed E-state index contributed by atoms with van der Waals surface area (Å²) in [6, 6.07) is 9.32. The van der Waals surface area contributed by atoms with Crippen LogP contribution in [0.2, 0.25) is 0 Å². The van der Waals surface area contributed by atoms with Crippen molar-refractivity contribution in [2.75, 3.05) is 48.1 Å². The second-order valence-corrected chi connectivity index (χ2v) is 7.70. The molecule has 2 aromatic carbocycles. The van der Waals surface area contributed by atoms with Gasteiger partial charge >= 0.3 is 0 Å². The van der Waals surface area contributed by atoms with Crippen molar-refractivity contribution >= 4 is 22.8 Å². The highest BCUT2D eigenvalue weighted by molar-refractivity contribution is 6.15. The molecule has 0 bridgehead atoms. The molecule has 7 heteroatoms. The fourth-order valence-corrected chi connectivity index (χ4v) is 3.36. The Hall–Kier alpha value is -3.45. The molecule has 0 N–H and O–H groups in total. The zero-order valence-corrected chi connectivity index (χ0v) is 19.8. The molecule has 33 heavy (non-hydrogen) atoms. The summed E-state index contributed by atoms with van der Waals surface area (Å²) in [6.45, 7) is 3.76. The molecule has 0 spiro atoms. The van der Waals surface area contributed by atoms with E-state index in [0.29, 0.717) is 53.5 Å². The molecule has 0 saturated carbocycles. The van der Waals surface area contributed by atoms with Crippen LogP contribution in [-0.2, 0) is 0 Å². The van der Waals surface area contributed by atoms with Gasteiger partial charge in [0, 0.05) is 6.54 Å². The first-order chi connectivity index (χ1) is 16.0. The van der Waals surface area contributed by atoms with Crippen LogP contribution in [-0.4, -0.2) is 58.8 Å². The molecule has 0 aliphatic carbocycles. The zero-order valence-electron chi connectivity index (χ0n) is 19.8. The average molecular weight is 454 g/mol. The lowest BCUT2D eigenvalue weighted by atomic mass is 10.0. The average Bonchev–Trinajstić information content (AvgIpc) is 3.30. The fourth-order valence-electron chi connectivity index (χ4n) is 3.36. The molecule has 0 amide bonds. The van der Waals surface area contributed by atoms with Crippen molar-refractivity contribution in [3.8, 4) is 23.0 Å². The third kappa shape index (κ3) is 5.68. The zero-order chi connectivity index (χ0) is 23.8. The Morgan fingerprint density at radius 1 is 0.970 bits per heavy atom. The summed E-state index contributed by atoms with van der Waals surface area (Å²) in [5.74, 6) is 1.59. The molecule has 0 aliphatic heterocycles. The molecule has 176 valence electrons. The predicted molar refractivity (Wildman–Crippen MR) is 129 cm³/mol. The van der Waals surface area contributed by atoms with Crippen LogP contribution in [0.5, 0.6) is 23.0 Å². The highest BCUT2D eigenvalue weighted by atomic mass is 16.5. The monoisotopic (exact) mass is 453 g/mol. The van der Waals surface area contributed by atoms with Crippen molar-refractivity contribution < 1.29 is 28.2 Å². The van der Waals surface area contributed by atoms with E-state index >= 15 is 0 Å². The Kier molecular flexibility index (Phi) is 8.38. The number of fused-ring (bicyclic) bond motifs is 1. The van der Waals surface area contributed by atoms with Gasteiger partial charge in [0.05, 0.1) is 32.5 Å². The van der Waals surface area contributed by atoms with Crippen LogP contribution in [0, 0.1) is 0 Å². The number of allylic oxidation sites excluding steroid dienone is 1. The van der Waals surface area contributed by atoms with Crippen molar-refractivity contribution in [2.24, 2.45) is 0 Å². The van der Waals surface area contributed by atoms with Gasteiger partial charge in [-0.25, -0.2) is 0 Å². The maximum atomic E-state index is 13.4. The summed E-state index contributed by atoms with van der Waals surface area (Å²) in [4.78, 5) is 15.4. The van der Waals surface area contributed by atoms with Gasteiger partial charge in [0.25, 0.3) is 0 Å². The summed E-state index contributed by atoms with van der Waals surface area (Å²) in [5.41, 5.74) is 1.64. The smallest absolute Gasteiger partial charge is 0.205 e. The highest BCUT2D eigenvalue weighted by Gasteiger charge is 2.28. The Bertz CT molecular complexity index is 1100. The van der Waals surface area contributed by atoms with E-state index in [0.717, 1.165) is 17.7 Å². The third-order valence-corrected chi connectivity index (χ3v) is 5.00. The van der Waals surface area contributed by atoms with Crippen LogP contribution in [0.15, 0.2) is 47.1 Å². The lowest BCUT2D eigenvalue weighted by Gasteiger charge is -2.18. The Morgan fingerprint density at radius 2 is 1.70 bits per heavy atom. The number of ether oxygens (including phenoxy) is 4. The third-order valence-electron chi connectivity index (χ3n) is 5.00. The van der Waals surface area contributed by atoms with E-state index in [1.54, 1.807) is 12.1 Å². The summed E-state index contributed by atoms with van der Waals surface area (Å²) in [5, 5.41) is 0.642. The van der Waals surface area contributed by atoms with Crippen LogP contribution in [0.1, 0.15) is 29.3 Å². The normalized spacial score (nSPS) is 11.3. The summed E-state index contributed by atoms with van der Waals surface area (Å²) in [7, 11) is 6.94. The lowest BCUT2D eigenvalue weighted by Crippen LogP contribution is -2.20. The van der Waals surface area contributed by atoms with Crippen LogP contribution in [0.4, 0.5) is 0 Å². The van der Waals surface area contributed by atoms with Gasteiger partial charge in [-0.15, -0.1) is 0 Å². The first-order valence-electron chi connectivity index (χ1n) is 10.9. The molecule has 0 fully saturated rings. The minimum atomic E-state index is -0.264. The topological polar surface area (TPSA) is 70.4 Å². The van der Waals surface area contributed by atoms with Gasteiger partial charge in [0.2, 0.25) is 5.75 Å². The van der Waals surface area contributed by atoms with Gasteiger partial charge in [0.1, 0.15) is 23.7 Å². The molecule has 0 radical (unpaired) electrons. The van der Waals surface area contributed by atoms with E-state index < -0.39 is 0 Å². The molecule has 0 aliphatic rings. The highest BCUT2D eigenvalue weighted by Crippen LogP contribution is 2.46. The van der Waals surface area contributed by atoms with Crippen molar-refractivity contribution in [2.45, 2.75) is 13.3 Å². The van der Waals surface area contributed by atoms with E-state index in [9.17, 15) is 4.79 Å². The van der Waals surface area contributed by atoms with Gasteiger partial charge in [-0.3, -0.25) is 4.79 Å². The van der Waals surface area contributed by atoms with E-state index in [2.05, 4.69) is 6.92 Å². The predicted octanol–water partition coefficient (Wildman–Crippen LogP) is 5.08. The van der Waals surface area contributed by atoms with Gasteiger partial charge in [-0.2, -0.15) is 0 Å². The van der Waals surface area contributed by atoms with Crippen molar-refractivity contribution in [3.05, 3.63) is 53.8 Å². The van der Waals surface area contributed by atoms with Crippen LogP contribution in [0.25, 0.3) is 17.0 Å². The Balaban J connectivity index is 1.98. The lowest BCUT2D eigenvalue weighted by molar-refractivity contribution is 0.104. The van der Waals surface area contributed by atoms with E-state index in [1.807, 2.05) is 43.3 Å². The standard InChI is InChI=1S/C26H31NO6/c1-6-15-31-19-10-7-18(8-11-19)9-12-21(28)22-23(29-4)20-13-16-32-24(20)26(30-5)25(22)33-17-14-27(2)3/h7-13,16H,6,14-15,17H2,1-5H3/b12-9+. The number of rotatable bonds is 12. The maximum Gasteiger partial charge on any atom is 0.205 e. The summed E-state index contributed by atoms with van der Waals surface area (Å²) in [6.07, 6.45) is 5.73. The quantitative estimate of drug-likeness (QED) is 0.280. The molecule has 1 aromatic heterocycles. The number of methoxy groups -OCH3 is 2.